The summed E-state index contributed by atoms with van der Waals surface area (Å²) in [4.78, 5) is 11.4. The number of hydrogen-bond donors (Lipinski definition) is 0. The van der Waals surface area contributed by atoms with Crippen LogP contribution in [0.1, 0.15) is 26.2 Å². The molecule has 0 aliphatic heterocycles. The first-order valence-corrected chi connectivity index (χ1v) is 5.41. The molecule has 0 aromatic carbocycles. The molecule has 0 radical (unpaired) electrons. The lowest BCUT2D eigenvalue weighted by atomic mass is 9.94. The van der Waals surface area contributed by atoms with Crippen LogP contribution in [0.25, 0.3) is 0 Å². The minimum atomic E-state index is -0.267. The van der Waals surface area contributed by atoms with Gasteiger partial charge in [-0.3, -0.25) is 0 Å². The van der Waals surface area contributed by atoms with Crippen molar-refractivity contribution in [1.82, 2.24) is 0 Å². The molecule has 2 aliphatic rings. The van der Waals surface area contributed by atoms with Crippen molar-refractivity contribution in [2.24, 2.45) is 5.92 Å². The van der Waals surface area contributed by atoms with Gasteiger partial charge in [0.15, 0.2) is 0 Å². The summed E-state index contributed by atoms with van der Waals surface area (Å²) in [7, 11) is 0. The fourth-order valence-corrected chi connectivity index (χ4v) is 2.22. The van der Waals surface area contributed by atoms with Gasteiger partial charge in [0, 0.05) is 5.57 Å². The summed E-state index contributed by atoms with van der Waals surface area (Å²) < 4.78 is 5.40. The number of ether oxygens (including phenoxy) is 1. The van der Waals surface area contributed by atoms with Gasteiger partial charge in [0.1, 0.15) is 6.10 Å². The molecule has 2 heteroatoms. The molecule has 80 valence electrons. The van der Waals surface area contributed by atoms with Crippen LogP contribution in [0.3, 0.4) is 0 Å². The second-order valence-corrected chi connectivity index (χ2v) is 4.28. The van der Waals surface area contributed by atoms with Crippen LogP contribution in [-0.2, 0) is 9.53 Å². The highest BCUT2D eigenvalue weighted by Gasteiger charge is 2.32. The van der Waals surface area contributed by atoms with E-state index in [9.17, 15) is 4.79 Å². The molecule has 2 atom stereocenters. The fraction of sp³-hybridized carbons (Fsp3) is 0.462. The molecule has 1 fully saturated rings. The molecule has 0 saturated heterocycles. The van der Waals surface area contributed by atoms with Crippen LogP contribution in [-0.4, -0.2) is 12.1 Å². The van der Waals surface area contributed by atoms with Gasteiger partial charge in [0.2, 0.25) is 0 Å². The Morgan fingerprint density at radius 3 is 3.07 bits per heavy atom. The van der Waals surface area contributed by atoms with E-state index in [0.717, 1.165) is 19.3 Å². The molecule has 0 aromatic rings. The molecule has 2 rings (SSSR count). The van der Waals surface area contributed by atoms with Crippen molar-refractivity contribution >= 4 is 5.97 Å². The van der Waals surface area contributed by atoms with E-state index in [2.05, 4.69) is 24.8 Å². The molecule has 15 heavy (non-hydrogen) atoms. The van der Waals surface area contributed by atoms with Gasteiger partial charge in [-0.05, 0) is 37.7 Å². The highest BCUT2D eigenvalue weighted by Crippen LogP contribution is 2.38. The summed E-state index contributed by atoms with van der Waals surface area (Å²) in [6, 6.07) is 0. The number of esters is 1. The minimum Gasteiger partial charge on any atom is -0.454 e. The Morgan fingerprint density at radius 1 is 1.53 bits per heavy atom. The molecular weight excluding hydrogens is 188 g/mol. The second kappa shape index (κ2) is 4.05. The molecule has 0 amide bonds. The van der Waals surface area contributed by atoms with E-state index in [-0.39, 0.29) is 12.1 Å². The third-order valence-electron chi connectivity index (χ3n) is 3.06. The highest BCUT2D eigenvalue weighted by molar-refractivity contribution is 5.87. The molecule has 0 aromatic heterocycles. The third kappa shape index (κ3) is 2.04. The minimum absolute atomic E-state index is 0.0100. The number of carbonyl (C=O) groups is 1. The van der Waals surface area contributed by atoms with E-state index < -0.39 is 0 Å². The van der Waals surface area contributed by atoms with Gasteiger partial charge in [-0.15, -0.1) is 0 Å². The Hall–Kier alpha value is -1.31. The lowest BCUT2D eigenvalue weighted by Crippen LogP contribution is -2.18. The summed E-state index contributed by atoms with van der Waals surface area (Å²) in [6.07, 6.45) is 9.49. The van der Waals surface area contributed by atoms with E-state index >= 15 is 0 Å². The van der Waals surface area contributed by atoms with Crippen LogP contribution in [0.5, 0.6) is 0 Å². The van der Waals surface area contributed by atoms with Gasteiger partial charge >= 0.3 is 5.97 Å². The first-order chi connectivity index (χ1) is 7.18. The number of carbonyl (C=O) groups excluding carboxylic acids is 1. The second-order valence-electron chi connectivity index (χ2n) is 4.28. The lowest BCUT2D eigenvalue weighted by Gasteiger charge is -2.18. The van der Waals surface area contributed by atoms with Crippen LogP contribution in [0.4, 0.5) is 0 Å². The van der Waals surface area contributed by atoms with Gasteiger partial charge in [0.25, 0.3) is 0 Å². The van der Waals surface area contributed by atoms with Crippen molar-refractivity contribution < 1.29 is 9.53 Å². The molecular formula is C13H16O2. The molecule has 0 heterocycles. The Balaban J connectivity index is 2.05. The van der Waals surface area contributed by atoms with Crippen LogP contribution >= 0.6 is 0 Å². The third-order valence-corrected chi connectivity index (χ3v) is 3.06. The van der Waals surface area contributed by atoms with E-state index in [4.69, 9.17) is 4.74 Å². The Bertz CT molecular complexity index is 350. The zero-order valence-corrected chi connectivity index (χ0v) is 9.03. The topological polar surface area (TPSA) is 26.3 Å². The quantitative estimate of drug-likeness (QED) is 0.510. The van der Waals surface area contributed by atoms with Gasteiger partial charge < -0.3 is 4.74 Å². The molecule has 2 nitrogen and oxygen atoms in total. The number of fused-ring (bicyclic) bond motifs is 1. The Morgan fingerprint density at radius 2 is 2.33 bits per heavy atom. The summed E-state index contributed by atoms with van der Waals surface area (Å²) in [5.74, 6) is 0.328. The maximum atomic E-state index is 11.4. The normalized spacial score (nSPS) is 28.2. The predicted molar refractivity (Wildman–Crippen MR) is 59.3 cm³/mol. The summed E-state index contributed by atoms with van der Waals surface area (Å²) in [5.41, 5.74) is 1.76. The van der Waals surface area contributed by atoms with E-state index in [1.165, 1.54) is 5.57 Å². The predicted octanol–water partition coefficient (Wildman–Crippen LogP) is 2.77. The Kier molecular flexibility index (Phi) is 2.76. The van der Waals surface area contributed by atoms with Crippen molar-refractivity contribution in [2.45, 2.75) is 32.3 Å². The number of hydrogen-bond acceptors (Lipinski definition) is 2. The maximum Gasteiger partial charge on any atom is 0.333 e. The molecule has 2 aliphatic carbocycles. The first kappa shape index (κ1) is 10.2. The monoisotopic (exact) mass is 204 g/mol. The van der Waals surface area contributed by atoms with Gasteiger partial charge in [0.05, 0.1) is 0 Å². The molecule has 0 bridgehead atoms. The van der Waals surface area contributed by atoms with Crippen molar-refractivity contribution in [3.05, 3.63) is 36.0 Å². The van der Waals surface area contributed by atoms with Crippen molar-refractivity contribution in [3.63, 3.8) is 0 Å². The smallest absolute Gasteiger partial charge is 0.333 e. The zero-order valence-electron chi connectivity index (χ0n) is 9.03. The van der Waals surface area contributed by atoms with Crippen molar-refractivity contribution in [2.75, 3.05) is 0 Å². The van der Waals surface area contributed by atoms with Crippen molar-refractivity contribution in [3.8, 4) is 0 Å². The van der Waals surface area contributed by atoms with E-state index in [1.54, 1.807) is 6.92 Å². The van der Waals surface area contributed by atoms with Crippen LogP contribution < -0.4 is 0 Å². The van der Waals surface area contributed by atoms with Gasteiger partial charge in [-0.25, -0.2) is 4.79 Å². The maximum absolute atomic E-state index is 11.4. The molecule has 1 saturated carbocycles. The van der Waals surface area contributed by atoms with Gasteiger partial charge in [-0.1, -0.05) is 24.8 Å². The standard InChI is InChI=1S/C13H16O2/c1-9(2)13(14)15-12-8-7-10-5-3-4-6-11(10)12/h3-4,6,10,12H,1,5,7-8H2,2H3. The van der Waals surface area contributed by atoms with Gasteiger partial charge in [-0.2, -0.15) is 0 Å². The fourth-order valence-electron chi connectivity index (χ4n) is 2.22. The van der Waals surface area contributed by atoms with Crippen molar-refractivity contribution in [1.29, 1.82) is 0 Å². The average Bonchev–Trinajstić information content (AvgIpc) is 2.62. The summed E-state index contributed by atoms with van der Waals surface area (Å²) in [6.45, 7) is 5.28. The lowest BCUT2D eigenvalue weighted by molar-refractivity contribution is -0.142. The molecule has 0 N–H and O–H groups in total. The average molecular weight is 204 g/mol. The van der Waals surface area contributed by atoms with E-state index in [0.29, 0.717) is 11.5 Å². The molecule has 2 unspecified atom stereocenters. The SMILES string of the molecule is C=C(C)C(=O)OC1CCC2CC=CC=C21. The molecule has 0 spiro atoms. The van der Waals surface area contributed by atoms with E-state index in [1.807, 2.05) is 0 Å². The van der Waals surface area contributed by atoms with Crippen LogP contribution in [0.15, 0.2) is 36.0 Å². The summed E-state index contributed by atoms with van der Waals surface area (Å²) in [5, 5.41) is 0. The zero-order chi connectivity index (χ0) is 10.8. The Labute approximate surface area is 90.3 Å². The van der Waals surface area contributed by atoms with Crippen LogP contribution in [0.2, 0.25) is 0 Å². The largest absolute Gasteiger partial charge is 0.454 e. The van der Waals surface area contributed by atoms with Crippen LogP contribution in [0, 0.1) is 5.92 Å². The highest BCUT2D eigenvalue weighted by atomic mass is 16.5. The number of rotatable bonds is 2. The first-order valence-electron chi connectivity index (χ1n) is 5.41. The summed E-state index contributed by atoms with van der Waals surface area (Å²) >= 11 is 0. The number of allylic oxidation sites excluding steroid dienone is 3.